The second-order valence-corrected chi connectivity index (χ2v) is 5.01. The van der Waals surface area contributed by atoms with Crippen LogP contribution in [0.15, 0.2) is 73.1 Å². The maximum Gasteiger partial charge on any atom is 0.0647 e. The molecule has 106 valence electrons. The van der Waals surface area contributed by atoms with Gasteiger partial charge in [0.25, 0.3) is 0 Å². The molecule has 0 amide bonds. The molecule has 0 aliphatic heterocycles. The number of benzene rings is 2. The molecule has 3 rings (SSSR count). The Balaban J connectivity index is 1.47. The molecule has 1 aromatic heterocycles. The molecule has 1 heterocycles. The summed E-state index contributed by atoms with van der Waals surface area (Å²) in [4.78, 5) is 0. The summed E-state index contributed by atoms with van der Waals surface area (Å²) in [5.74, 6) is 0. The van der Waals surface area contributed by atoms with Gasteiger partial charge in [0.15, 0.2) is 0 Å². The van der Waals surface area contributed by atoms with Gasteiger partial charge < -0.3 is 5.32 Å². The fourth-order valence-electron chi connectivity index (χ4n) is 2.32. The molecule has 1 N–H and O–H groups in total. The fraction of sp³-hybridized carbons (Fsp3) is 0.167. The number of aromatic nitrogens is 2. The molecule has 3 heteroatoms. The number of hydrogen-bond acceptors (Lipinski definition) is 2. The maximum atomic E-state index is 4.22. The summed E-state index contributed by atoms with van der Waals surface area (Å²) in [6.45, 7) is 0.982. The lowest BCUT2D eigenvalue weighted by atomic mass is 10.1. The molecule has 2 aromatic carbocycles. The highest BCUT2D eigenvalue weighted by atomic mass is 15.3. The zero-order valence-corrected chi connectivity index (χ0v) is 11.9. The third-order valence-corrected chi connectivity index (χ3v) is 3.45. The van der Waals surface area contributed by atoms with Crippen molar-refractivity contribution in [2.24, 2.45) is 0 Å². The van der Waals surface area contributed by atoms with Crippen LogP contribution in [0.2, 0.25) is 0 Å². The van der Waals surface area contributed by atoms with Crippen molar-refractivity contribution in [2.45, 2.75) is 12.8 Å². The minimum atomic E-state index is 0.982. The lowest BCUT2D eigenvalue weighted by Crippen LogP contribution is -2.03. The second kappa shape index (κ2) is 6.75. The van der Waals surface area contributed by atoms with Crippen LogP contribution in [-0.4, -0.2) is 16.3 Å². The van der Waals surface area contributed by atoms with E-state index in [2.05, 4.69) is 65.0 Å². The van der Waals surface area contributed by atoms with E-state index < -0.39 is 0 Å². The van der Waals surface area contributed by atoms with Gasteiger partial charge in [-0.2, -0.15) is 5.10 Å². The van der Waals surface area contributed by atoms with Gasteiger partial charge in [0.1, 0.15) is 0 Å². The SMILES string of the molecule is c1ccc(CCCNc2ccc(-n3cccn3)cc2)cc1. The largest absolute Gasteiger partial charge is 0.385 e. The predicted molar refractivity (Wildman–Crippen MR) is 86.8 cm³/mol. The first kappa shape index (κ1) is 13.4. The minimum Gasteiger partial charge on any atom is -0.385 e. The van der Waals surface area contributed by atoms with E-state index in [9.17, 15) is 0 Å². The smallest absolute Gasteiger partial charge is 0.0647 e. The average molecular weight is 277 g/mol. The third-order valence-electron chi connectivity index (χ3n) is 3.45. The normalized spacial score (nSPS) is 10.5. The van der Waals surface area contributed by atoms with Crippen molar-refractivity contribution in [3.05, 3.63) is 78.6 Å². The second-order valence-electron chi connectivity index (χ2n) is 5.01. The number of aryl methyl sites for hydroxylation is 1. The topological polar surface area (TPSA) is 29.9 Å². The Hall–Kier alpha value is -2.55. The van der Waals surface area contributed by atoms with E-state index in [1.807, 2.05) is 16.9 Å². The summed E-state index contributed by atoms with van der Waals surface area (Å²) < 4.78 is 1.86. The van der Waals surface area contributed by atoms with Crippen LogP contribution in [-0.2, 0) is 6.42 Å². The maximum absolute atomic E-state index is 4.22. The summed E-state index contributed by atoms with van der Waals surface area (Å²) in [6.07, 6.45) is 5.97. The lowest BCUT2D eigenvalue weighted by Gasteiger charge is -2.08. The Morgan fingerprint density at radius 1 is 0.905 bits per heavy atom. The summed E-state index contributed by atoms with van der Waals surface area (Å²) in [5.41, 5.74) is 3.63. The van der Waals surface area contributed by atoms with Crippen molar-refractivity contribution in [1.29, 1.82) is 0 Å². The van der Waals surface area contributed by atoms with Crippen LogP contribution >= 0.6 is 0 Å². The summed E-state index contributed by atoms with van der Waals surface area (Å²) in [7, 11) is 0. The predicted octanol–water partition coefficient (Wildman–Crippen LogP) is 3.92. The Morgan fingerprint density at radius 3 is 2.43 bits per heavy atom. The van der Waals surface area contributed by atoms with E-state index in [1.165, 1.54) is 5.56 Å². The van der Waals surface area contributed by atoms with Gasteiger partial charge >= 0.3 is 0 Å². The summed E-state index contributed by atoms with van der Waals surface area (Å²) >= 11 is 0. The van der Waals surface area contributed by atoms with Crippen molar-refractivity contribution in [3.63, 3.8) is 0 Å². The van der Waals surface area contributed by atoms with E-state index >= 15 is 0 Å². The Labute approximate surface area is 125 Å². The van der Waals surface area contributed by atoms with Crippen molar-refractivity contribution in [3.8, 4) is 5.69 Å². The lowest BCUT2D eigenvalue weighted by molar-refractivity contribution is 0.861. The average Bonchev–Trinajstić information content (AvgIpc) is 3.08. The molecule has 3 aromatic rings. The van der Waals surface area contributed by atoms with Gasteiger partial charge in [-0.15, -0.1) is 0 Å². The number of hydrogen-bond donors (Lipinski definition) is 1. The molecule has 0 fully saturated rings. The van der Waals surface area contributed by atoms with E-state index in [4.69, 9.17) is 0 Å². The summed E-state index contributed by atoms with van der Waals surface area (Å²) in [6, 6.07) is 20.9. The van der Waals surface area contributed by atoms with Crippen LogP contribution in [0, 0.1) is 0 Å². The highest BCUT2D eigenvalue weighted by Gasteiger charge is 1.97. The number of anilines is 1. The molecular weight excluding hydrogens is 258 g/mol. The number of rotatable bonds is 6. The van der Waals surface area contributed by atoms with Gasteiger partial charge in [-0.25, -0.2) is 4.68 Å². The van der Waals surface area contributed by atoms with Crippen LogP contribution in [0.4, 0.5) is 5.69 Å². The monoisotopic (exact) mass is 277 g/mol. The molecule has 21 heavy (non-hydrogen) atoms. The Morgan fingerprint density at radius 2 is 1.71 bits per heavy atom. The number of nitrogens with one attached hydrogen (secondary N) is 1. The van der Waals surface area contributed by atoms with Gasteiger partial charge in [0.2, 0.25) is 0 Å². The quantitative estimate of drug-likeness (QED) is 0.692. The van der Waals surface area contributed by atoms with Gasteiger partial charge in [0.05, 0.1) is 5.69 Å². The van der Waals surface area contributed by atoms with Crippen molar-refractivity contribution >= 4 is 5.69 Å². The summed E-state index contributed by atoms with van der Waals surface area (Å²) in [5, 5.41) is 7.68. The molecule has 0 unspecified atom stereocenters. The van der Waals surface area contributed by atoms with Crippen molar-refractivity contribution < 1.29 is 0 Å². The standard InChI is InChI=1S/C18H19N3/c1-2-6-16(7-3-1)8-4-13-19-17-9-11-18(12-10-17)21-15-5-14-20-21/h1-3,5-7,9-12,14-15,19H,4,8,13H2. The van der Waals surface area contributed by atoms with Crippen LogP contribution in [0.3, 0.4) is 0 Å². The molecule has 0 saturated carbocycles. The molecule has 0 saturated heterocycles. The molecule has 0 bridgehead atoms. The molecule has 0 aliphatic rings. The molecule has 0 radical (unpaired) electrons. The molecule has 0 aliphatic carbocycles. The van der Waals surface area contributed by atoms with Crippen molar-refractivity contribution in [1.82, 2.24) is 9.78 Å². The van der Waals surface area contributed by atoms with Gasteiger partial charge in [-0.3, -0.25) is 0 Å². The first-order chi connectivity index (χ1) is 10.4. The molecule has 0 spiro atoms. The van der Waals surface area contributed by atoms with E-state index in [0.717, 1.165) is 30.8 Å². The van der Waals surface area contributed by atoms with Crippen LogP contribution in [0.25, 0.3) is 5.69 Å². The zero-order chi connectivity index (χ0) is 14.3. The van der Waals surface area contributed by atoms with Crippen LogP contribution in [0.1, 0.15) is 12.0 Å². The Bertz CT molecular complexity index is 643. The van der Waals surface area contributed by atoms with E-state index in [0.29, 0.717) is 0 Å². The minimum absolute atomic E-state index is 0.982. The zero-order valence-electron chi connectivity index (χ0n) is 11.9. The number of nitrogens with zero attached hydrogens (tertiary/aromatic N) is 2. The fourth-order valence-corrected chi connectivity index (χ4v) is 2.32. The third kappa shape index (κ3) is 3.72. The van der Waals surface area contributed by atoms with E-state index in [1.54, 1.807) is 6.20 Å². The van der Waals surface area contributed by atoms with Crippen LogP contribution < -0.4 is 5.32 Å². The van der Waals surface area contributed by atoms with Crippen molar-refractivity contribution in [2.75, 3.05) is 11.9 Å². The molecule has 3 nitrogen and oxygen atoms in total. The first-order valence-electron chi connectivity index (χ1n) is 7.30. The molecular formula is C18H19N3. The highest BCUT2D eigenvalue weighted by molar-refractivity contribution is 5.48. The highest BCUT2D eigenvalue weighted by Crippen LogP contribution is 2.12. The molecule has 0 atom stereocenters. The Kier molecular flexibility index (Phi) is 4.32. The van der Waals surface area contributed by atoms with E-state index in [-0.39, 0.29) is 0 Å². The van der Waals surface area contributed by atoms with Gasteiger partial charge in [0, 0.05) is 24.6 Å². The van der Waals surface area contributed by atoms with Gasteiger partial charge in [-0.1, -0.05) is 30.3 Å². The van der Waals surface area contributed by atoms with Crippen LogP contribution in [0.5, 0.6) is 0 Å². The first-order valence-corrected chi connectivity index (χ1v) is 7.30. The van der Waals surface area contributed by atoms with Gasteiger partial charge in [-0.05, 0) is 48.7 Å².